The van der Waals surface area contributed by atoms with E-state index in [4.69, 9.17) is 10.5 Å². The van der Waals surface area contributed by atoms with Gasteiger partial charge in [0.05, 0.1) is 18.1 Å². The van der Waals surface area contributed by atoms with E-state index >= 15 is 0 Å². The van der Waals surface area contributed by atoms with Crippen LogP contribution < -0.4 is 16.4 Å². The Morgan fingerprint density at radius 3 is 2.15 bits per heavy atom. The Balaban J connectivity index is 0.00000386. The summed E-state index contributed by atoms with van der Waals surface area (Å²) in [5.74, 6) is -0.329. The van der Waals surface area contributed by atoms with Gasteiger partial charge in [0.25, 0.3) is 0 Å². The summed E-state index contributed by atoms with van der Waals surface area (Å²) in [4.78, 5) is 42.6. The largest absolute Gasteiger partial charge is 0.449 e. The van der Waals surface area contributed by atoms with Crippen LogP contribution in [0, 0.1) is 5.92 Å². The van der Waals surface area contributed by atoms with Crippen LogP contribution >= 0.6 is 12.4 Å². The molecular weight excluding hydrogens is 612 g/mol. The van der Waals surface area contributed by atoms with Gasteiger partial charge in [0.2, 0.25) is 11.8 Å². The van der Waals surface area contributed by atoms with E-state index in [2.05, 4.69) is 47.0 Å². The van der Waals surface area contributed by atoms with E-state index in [1.807, 2.05) is 36.4 Å². The predicted octanol–water partition coefficient (Wildman–Crippen LogP) is 6.02. The van der Waals surface area contributed by atoms with Gasteiger partial charge in [-0.1, -0.05) is 92.1 Å². The number of fused-ring (bicyclic) bond motifs is 4. The molecule has 0 radical (unpaired) electrons. The van der Waals surface area contributed by atoms with Crippen molar-refractivity contribution in [2.24, 2.45) is 11.7 Å². The first kappa shape index (κ1) is 33.0. The molecular formula is C38H45ClN4O4. The van der Waals surface area contributed by atoms with Gasteiger partial charge in [0, 0.05) is 12.5 Å². The average Bonchev–Trinajstić information content (AvgIpc) is 3.66. The third kappa shape index (κ3) is 6.76. The zero-order valence-corrected chi connectivity index (χ0v) is 27.6. The lowest BCUT2D eigenvalue weighted by Gasteiger charge is -2.33. The molecule has 0 aromatic heterocycles. The van der Waals surface area contributed by atoms with Crippen molar-refractivity contribution in [1.82, 2.24) is 15.5 Å². The molecule has 1 saturated carbocycles. The zero-order chi connectivity index (χ0) is 31.6. The van der Waals surface area contributed by atoms with E-state index in [-0.39, 0.29) is 55.3 Å². The van der Waals surface area contributed by atoms with E-state index in [1.54, 1.807) is 4.90 Å². The molecule has 1 heterocycles. The van der Waals surface area contributed by atoms with Gasteiger partial charge in [-0.15, -0.1) is 12.4 Å². The lowest BCUT2D eigenvalue weighted by molar-refractivity contribution is -0.140. The Morgan fingerprint density at radius 2 is 1.45 bits per heavy atom. The van der Waals surface area contributed by atoms with Crippen molar-refractivity contribution >= 4 is 30.3 Å². The minimum atomic E-state index is -0.713. The van der Waals surface area contributed by atoms with Gasteiger partial charge in [-0.3, -0.25) is 9.59 Å². The molecule has 8 nitrogen and oxygen atoms in total. The quantitative estimate of drug-likeness (QED) is 0.288. The van der Waals surface area contributed by atoms with Gasteiger partial charge >= 0.3 is 6.09 Å². The number of aryl methyl sites for hydroxylation is 1. The lowest BCUT2D eigenvalue weighted by atomic mass is 9.83. The number of amides is 3. The van der Waals surface area contributed by atoms with Gasteiger partial charge in [-0.05, 0) is 77.8 Å². The van der Waals surface area contributed by atoms with Crippen LogP contribution in [0.1, 0.15) is 85.6 Å². The van der Waals surface area contributed by atoms with Gasteiger partial charge in [0.15, 0.2) is 0 Å². The number of nitrogens with zero attached hydrogens (tertiary/aromatic N) is 1. The van der Waals surface area contributed by atoms with Crippen molar-refractivity contribution in [2.75, 3.05) is 13.2 Å². The van der Waals surface area contributed by atoms with Crippen molar-refractivity contribution in [1.29, 1.82) is 0 Å². The molecule has 9 heteroatoms. The SMILES string of the molecule is Cl.N[C@H](C(=O)N1C[C@@H](NC(=O)OCC2c3ccccc3-c3ccccc32)C[C@H]1C(=O)N[C@@H]1CCCc2ccccc21)C1CCCCC1. The molecule has 4 atom stereocenters. The summed E-state index contributed by atoms with van der Waals surface area (Å²) in [6, 6.07) is 22.8. The molecule has 4 N–H and O–H groups in total. The molecule has 0 unspecified atom stereocenters. The fourth-order valence-corrected chi connectivity index (χ4v) is 8.30. The Bertz CT molecular complexity index is 1560. The second kappa shape index (κ2) is 14.5. The molecule has 3 amide bonds. The zero-order valence-electron chi connectivity index (χ0n) is 26.7. The maximum absolute atomic E-state index is 13.9. The Morgan fingerprint density at radius 1 is 0.809 bits per heavy atom. The monoisotopic (exact) mass is 656 g/mol. The number of ether oxygens (including phenoxy) is 1. The Kier molecular flexibility index (Phi) is 10.2. The van der Waals surface area contributed by atoms with Crippen LogP contribution in [0.25, 0.3) is 11.1 Å². The van der Waals surface area contributed by atoms with Crippen molar-refractivity contribution in [3.05, 3.63) is 95.1 Å². The second-order valence-corrected chi connectivity index (χ2v) is 13.5. The lowest BCUT2D eigenvalue weighted by Crippen LogP contribution is -2.54. The molecule has 0 bridgehead atoms. The highest BCUT2D eigenvalue weighted by Gasteiger charge is 2.44. The van der Waals surface area contributed by atoms with Gasteiger partial charge in [-0.25, -0.2) is 4.79 Å². The summed E-state index contributed by atoms with van der Waals surface area (Å²) in [6.45, 7) is 0.426. The van der Waals surface area contributed by atoms with Gasteiger partial charge < -0.3 is 26.0 Å². The van der Waals surface area contributed by atoms with E-state index in [1.165, 1.54) is 23.1 Å². The highest BCUT2D eigenvalue weighted by Crippen LogP contribution is 2.44. The molecule has 3 aliphatic carbocycles. The summed E-state index contributed by atoms with van der Waals surface area (Å²) in [6.07, 6.45) is 7.78. The molecule has 3 aromatic rings. The number of carbonyl (C=O) groups excluding carboxylic acids is 3. The van der Waals surface area contributed by atoms with E-state index in [9.17, 15) is 14.4 Å². The first-order chi connectivity index (χ1) is 22.5. The maximum atomic E-state index is 13.9. The normalized spacial score (nSPS) is 22.7. The number of benzene rings is 3. The number of nitrogens with one attached hydrogen (secondary N) is 2. The molecule has 47 heavy (non-hydrogen) atoms. The number of carbonyl (C=O) groups is 3. The predicted molar refractivity (Wildman–Crippen MR) is 184 cm³/mol. The number of hydrogen-bond acceptors (Lipinski definition) is 5. The van der Waals surface area contributed by atoms with Crippen molar-refractivity contribution in [3.8, 4) is 11.1 Å². The number of rotatable bonds is 7. The van der Waals surface area contributed by atoms with E-state index < -0.39 is 24.2 Å². The third-order valence-corrected chi connectivity index (χ3v) is 10.7. The number of nitrogens with two attached hydrogens (primary N) is 1. The fourth-order valence-electron chi connectivity index (χ4n) is 8.30. The van der Waals surface area contributed by atoms with Crippen LogP contribution in [0.3, 0.4) is 0 Å². The Labute approximate surface area is 283 Å². The van der Waals surface area contributed by atoms with Gasteiger partial charge in [-0.2, -0.15) is 0 Å². The molecule has 7 rings (SSSR count). The molecule has 1 aliphatic heterocycles. The second-order valence-electron chi connectivity index (χ2n) is 13.5. The topological polar surface area (TPSA) is 114 Å². The highest BCUT2D eigenvalue weighted by molar-refractivity contribution is 5.91. The molecule has 248 valence electrons. The smallest absolute Gasteiger partial charge is 0.407 e. The van der Waals surface area contributed by atoms with Crippen molar-refractivity contribution in [3.63, 3.8) is 0 Å². The minimum Gasteiger partial charge on any atom is -0.449 e. The number of likely N-dealkylation sites (tertiary alicyclic amines) is 1. The van der Waals surface area contributed by atoms with E-state index in [0.29, 0.717) is 6.42 Å². The van der Waals surface area contributed by atoms with Crippen LogP contribution in [0.15, 0.2) is 72.8 Å². The fraction of sp³-hybridized carbons (Fsp3) is 0.447. The van der Waals surface area contributed by atoms with Crippen LogP contribution in [0.2, 0.25) is 0 Å². The van der Waals surface area contributed by atoms with Crippen LogP contribution in [0.4, 0.5) is 4.79 Å². The van der Waals surface area contributed by atoms with Crippen molar-refractivity contribution < 1.29 is 19.1 Å². The number of halogens is 1. The minimum absolute atomic E-state index is 0. The first-order valence-electron chi connectivity index (χ1n) is 17.0. The maximum Gasteiger partial charge on any atom is 0.407 e. The van der Waals surface area contributed by atoms with Crippen molar-refractivity contribution in [2.45, 2.75) is 87.9 Å². The summed E-state index contributed by atoms with van der Waals surface area (Å²) >= 11 is 0. The number of hydrogen-bond donors (Lipinski definition) is 3. The highest BCUT2D eigenvalue weighted by atomic mass is 35.5. The standard InChI is InChI=1S/C38H44N4O4.ClH/c39-35(25-12-2-1-3-13-25)37(44)42-22-26(21-34(42)36(43)41-33-20-10-14-24-11-4-5-15-27(24)33)40-38(45)46-23-32-30-18-8-6-16-28(30)29-17-7-9-19-31(29)32;/h4-9,11,15-19,25-26,32-35H,1-3,10,12-14,20-23,39H2,(H,40,45)(H,41,43);1H/t26-,33+,34-,35-;/m0./s1. The third-order valence-electron chi connectivity index (χ3n) is 10.7. The van der Waals surface area contributed by atoms with Crippen LogP contribution in [-0.4, -0.2) is 54.1 Å². The number of alkyl carbamates (subject to hydrolysis) is 1. The molecule has 2 fully saturated rings. The molecule has 3 aromatic carbocycles. The Hall–Kier alpha value is -3.88. The molecule has 0 spiro atoms. The summed E-state index contributed by atoms with van der Waals surface area (Å²) in [5.41, 5.74) is 13.6. The van der Waals surface area contributed by atoms with Gasteiger partial charge in [0.1, 0.15) is 12.6 Å². The average molecular weight is 657 g/mol. The first-order valence-corrected chi connectivity index (χ1v) is 17.0. The molecule has 1 saturated heterocycles. The van der Waals surface area contributed by atoms with Crippen LogP contribution in [0.5, 0.6) is 0 Å². The molecule has 4 aliphatic rings. The van der Waals surface area contributed by atoms with Crippen LogP contribution in [-0.2, 0) is 20.7 Å². The summed E-state index contributed by atoms with van der Waals surface area (Å²) in [5, 5.41) is 6.24. The van der Waals surface area contributed by atoms with E-state index in [0.717, 1.165) is 61.6 Å². The summed E-state index contributed by atoms with van der Waals surface area (Å²) < 4.78 is 5.82. The summed E-state index contributed by atoms with van der Waals surface area (Å²) in [7, 11) is 0.